The van der Waals surface area contributed by atoms with Gasteiger partial charge in [-0.05, 0) is 25.2 Å². The normalized spacial score (nSPS) is 20.4. The minimum Gasteiger partial charge on any atom is -0.395 e. The minimum absolute atomic E-state index is 0.0375. The van der Waals surface area contributed by atoms with E-state index >= 15 is 0 Å². The highest BCUT2D eigenvalue weighted by atomic mass is 16.2. The van der Waals surface area contributed by atoms with E-state index in [2.05, 4.69) is 15.1 Å². The number of anilines is 1. The molecule has 1 aromatic heterocycles. The first-order valence-corrected chi connectivity index (χ1v) is 7.53. The second-order valence-electron chi connectivity index (χ2n) is 5.85. The maximum atomic E-state index is 12.4. The second-order valence-corrected chi connectivity index (χ2v) is 5.85. The molecule has 2 heterocycles. The van der Waals surface area contributed by atoms with Gasteiger partial charge in [-0.1, -0.05) is 6.92 Å². The van der Waals surface area contributed by atoms with Crippen LogP contribution in [0.5, 0.6) is 0 Å². The van der Waals surface area contributed by atoms with Crippen molar-refractivity contribution in [3.8, 4) is 0 Å². The lowest BCUT2D eigenvalue weighted by molar-refractivity contribution is 0.0627. The molecule has 1 saturated carbocycles. The summed E-state index contributed by atoms with van der Waals surface area (Å²) in [6.45, 7) is 6.68. The van der Waals surface area contributed by atoms with Gasteiger partial charge in [0, 0.05) is 32.7 Å². The number of hydrogen-bond acceptors (Lipinski definition) is 4. The molecule has 3 rings (SSSR count). The zero-order chi connectivity index (χ0) is 14.1. The molecule has 6 nitrogen and oxygen atoms in total. The van der Waals surface area contributed by atoms with Gasteiger partial charge in [0.15, 0.2) is 5.69 Å². The smallest absolute Gasteiger partial charge is 0.276 e. The standard InChI is InChI=1S/C14H23N5O/c1-2-11-12(15)13(17-16-11)14(20)19-7-5-18(6-8-19)9-10-3-4-10/h10H,2-9,15H2,1H3,(H,16,17). The number of H-pyrrole nitrogens is 1. The van der Waals surface area contributed by atoms with Gasteiger partial charge < -0.3 is 10.6 Å². The molecular weight excluding hydrogens is 254 g/mol. The highest BCUT2D eigenvalue weighted by Crippen LogP contribution is 2.30. The molecule has 2 aliphatic rings. The van der Waals surface area contributed by atoms with Crippen molar-refractivity contribution in [2.45, 2.75) is 26.2 Å². The Hall–Kier alpha value is -1.56. The number of amides is 1. The van der Waals surface area contributed by atoms with Gasteiger partial charge in [-0.25, -0.2) is 0 Å². The number of aromatic nitrogens is 2. The summed E-state index contributed by atoms with van der Waals surface area (Å²) in [6, 6.07) is 0. The topological polar surface area (TPSA) is 78.2 Å². The molecule has 1 saturated heterocycles. The molecule has 0 spiro atoms. The third kappa shape index (κ3) is 2.65. The van der Waals surface area contributed by atoms with Crippen LogP contribution in [-0.2, 0) is 6.42 Å². The number of aryl methyl sites for hydroxylation is 1. The van der Waals surface area contributed by atoms with Crippen molar-refractivity contribution >= 4 is 11.6 Å². The van der Waals surface area contributed by atoms with Crippen molar-refractivity contribution in [3.05, 3.63) is 11.4 Å². The van der Waals surface area contributed by atoms with Gasteiger partial charge in [-0.3, -0.25) is 14.8 Å². The number of hydrogen-bond donors (Lipinski definition) is 2. The predicted octanol–water partition coefficient (Wildman–Crippen LogP) is 0.722. The van der Waals surface area contributed by atoms with Crippen LogP contribution >= 0.6 is 0 Å². The van der Waals surface area contributed by atoms with Gasteiger partial charge >= 0.3 is 0 Å². The third-order valence-electron chi connectivity index (χ3n) is 4.31. The summed E-state index contributed by atoms with van der Waals surface area (Å²) in [4.78, 5) is 16.8. The van der Waals surface area contributed by atoms with Crippen LogP contribution in [0, 0.1) is 5.92 Å². The van der Waals surface area contributed by atoms with Crippen molar-refractivity contribution in [1.82, 2.24) is 20.0 Å². The Balaban J connectivity index is 1.59. The van der Waals surface area contributed by atoms with E-state index in [0.29, 0.717) is 11.4 Å². The molecule has 3 N–H and O–H groups in total. The summed E-state index contributed by atoms with van der Waals surface area (Å²) >= 11 is 0. The lowest BCUT2D eigenvalue weighted by atomic mass is 10.2. The fourth-order valence-electron chi connectivity index (χ4n) is 2.77. The molecule has 0 aromatic carbocycles. The van der Waals surface area contributed by atoms with Crippen molar-refractivity contribution in [3.63, 3.8) is 0 Å². The van der Waals surface area contributed by atoms with Crippen LogP contribution in [0.25, 0.3) is 0 Å². The number of nitrogen functional groups attached to an aromatic ring is 1. The highest BCUT2D eigenvalue weighted by Gasteiger charge is 2.29. The molecule has 0 bridgehead atoms. The second kappa shape index (κ2) is 5.44. The van der Waals surface area contributed by atoms with E-state index < -0.39 is 0 Å². The molecule has 2 fully saturated rings. The first kappa shape index (κ1) is 13.4. The fraction of sp³-hybridized carbons (Fsp3) is 0.714. The predicted molar refractivity (Wildman–Crippen MR) is 77.4 cm³/mol. The Morgan fingerprint density at radius 2 is 2.05 bits per heavy atom. The molecule has 110 valence electrons. The van der Waals surface area contributed by atoms with Gasteiger partial charge in [-0.15, -0.1) is 0 Å². The minimum atomic E-state index is -0.0375. The highest BCUT2D eigenvalue weighted by molar-refractivity contribution is 5.97. The average molecular weight is 277 g/mol. The van der Waals surface area contributed by atoms with E-state index in [0.717, 1.165) is 44.2 Å². The van der Waals surface area contributed by atoms with Crippen molar-refractivity contribution < 1.29 is 4.79 Å². The van der Waals surface area contributed by atoms with Gasteiger partial charge in [-0.2, -0.15) is 5.10 Å². The zero-order valence-electron chi connectivity index (χ0n) is 12.1. The molecule has 1 aliphatic heterocycles. The van der Waals surface area contributed by atoms with Gasteiger partial charge in [0.05, 0.1) is 11.4 Å². The molecule has 1 aromatic rings. The SMILES string of the molecule is CCc1[nH]nc(C(=O)N2CCN(CC3CC3)CC2)c1N. The summed E-state index contributed by atoms with van der Waals surface area (Å²) in [5.41, 5.74) is 7.72. The molecule has 1 amide bonds. The number of carbonyl (C=O) groups excluding carboxylic acids is 1. The number of rotatable bonds is 4. The largest absolute Gasteiger partial charge is 0.395 e. The third-order valence-corrected chi connectivity index (χ3v) is 4.31. The van der Waals surface area contributed by atoms with Gasteiger partial charge in [0.1, 0.15) is 0 Å². The summed E-state index contributed by atoms with van der Waals surface area (Å²) in [7, 11) is 0. The van der Waals surface area contributed by atoms with E-state index in [1.165, 1.54) is 19.4 Å². The summed E-state index contributed by atoms with van der Waals surface area (Å²) in [6.07, 6.45) is 3.52. The Morgan fingerprint density at radius 3 is 2.60 bits per heavy atom. The number of nitrogens with zero attached hydrogens (tertiary/aromatic N) is 3. The van der Waals surface area contributed by atoms with Crippen LogP contribution in [0.3, 0.4) is 0 Å². The lowest BCUT2D eigenvalue weighted by Gasteiger charge is -2.34. The van der Waals surface area contributed by atoms with Crippen LogP contribution in [0.1, 0.15) is 35.9 Å². The Bertz CT molecular complexity index is 486. The first-order chi connectivity index (χ1) is 9.69. The van der Waals surface area contributed by atoms with Crippen LogP contribution in [0.2, 0.25) is 0 Å². The average Bonchev–Trinajstić information content (AvgIpc) is 3.20. The summed E-state index contributed by atoms with van der Waals surface area (Å²) in [5.74, 6) is 0.871. The molecule has 0 atom stereocenters. The van der Waals surface area contributed by atoms with Crippen LogP contribution < -0.4 is 5.73 Å². The van der Waals surface area contributed by atoms with Crippen molar-refractivity contribution in [2.75, 3.05) is 38.5 Å². The van der Waals surface area contributed by atoms with Crippen LogP contribution in [-0.4, -0.2) is 58.6 Å². The molecule has 20 heavy (non-hydrogen) atoms. The van der Waals surface area contributed by atoms with Crippen molar-refractivity contribution in [2.24, 2.45) is 5.92 Å². The lowest BCUT2D eigenvalue weighted by Crippen LogP contribution is -2.49. The maximum Gasteiger partial charge on any atom is 0.276 e. The summed E-state index contributed by atoms with van der Waals surface area (Å²) in [5, 5.41) is 6.94. The fourth-order valence-corrected chi connectivity index (χ4v) is 2.77. The van der Waals surface area contributed by atoms with E-state index in [9.17, 15) is 4.79 Å². The Kier molecular flexibility index (Phi) is 3.65. The van der Waals surface area contributed by atoms with Crippen LogP contribution in [0.15, 0.2) is 0 Å². The van der Waals surface area contributed by atoms with Crippen LogP contribution in [0.4, 0.5) is 5.69 Å². The molecular formula is C14H23N5O. The zero-order valence-corrected chi connectivity index (χ0v) is 12.1. The molecule has 1 aliphatic carbocycles. The van der Waals surface area contributed by atoms with E-state index in [1.807, 2.05) is 11.8 Å². The van der Waals surface area contributed by atoms with E-state index in [-0.39, 0.29) is 5.91 Å². The number of nitrogens with one attached hydrogen (secondary N) is 1. The number of nitrogens with two attached hydrogens (primary N) is 1. The molecule has 6 heteroatoms. The number of piperazine rings is 1. The number of aromatic amines is 1. The number of carbonyl (C=O) groups is 1. The molecule has 0 unspecified atom stereocenters. The summed E-state index contributed by atoms with van der Waals surface area (Å²) < 4.78 is 0. The van der Waals surface area contributed by atoms with Crippen molar-refractivity contribution in [1.29, 1.82) is 0 Å². The monoisotopic (exact) mass is 277 g/mol. The van der Waals surface area contributed by atoms with E-state index in [4.69, 9.17) is 5.73 Å². The van der Waals surface area contributed by atoms with Gasteiger partial charge in [0.25, 0.3) is 5.91 Å². The molecule has 0 radical (unpaired) electrons. The maximum absolute atomic E-state index is 12.4. The Labute approximate surface area is 119 Å². The first-order valence-electron chi connectivity index (χ1n) is 7.53. The van der Waals surface area contributed by atoms with Gasteiger partial charge in [0.2, 0.25) is 0 Å². The quantitative estimate of drug-likeness (QED) is 0.850. The Morgan fingerprint density at radius 1 is 1.35 bits per heavy atom. The van der Waals surface area contributed by atoms with E-state index in [1.54, 1.807) is 0 Å².